The summed E-state index contributed by atoms with van der Waals surface area (Å²) in [5.41, 5.74) is 15.7. The predicted molar refractivity (Wildman–Crippen MR) is 327 cm³/mol. The van der Waals surface area contributed by atoms with E-state index in [0.717, 1.165) is 88.8 Å². The minimum atomic E-state index is -0.109. The molecule has 2 unspecified atom stereocenters. The van der Waals surface area contributed by atoms with Gasteiger partial charge in [-0.05, 0) is 104 Å². The first-order valence-corrected chi connectivity index (χ1v) is 27.2. The Morgan fingerprint density at radius 3 is 1.26 bits per heavy atom. The molecule has 0 aliphatic heterocycles. The van der Waals surface area contributed by atoms with E-state index >= 15 is 0 Å². The zero-order valence-corrected chi connectivity index (χ0v) is 44.7. The number of hydrogen-bond donors (Lipinski definition) is 0. The van der Waals surface area contributed by atoms with Crippen LogP contribution in [0, 0.1) is 5.92 Å². The van der Waals surface area contributed by atoms with E-state index in [-0.39, 0.29) is 10.8 Å². The molecule has 0 spiro atoms. The smallest absolute Gasteiger partial charge is 0.159 e. The SMILES string of the molecule is CC1C=CC=CC1c1ccc(N(c2ccc3ccc4c(N(c5ccc(-c6ccccc6)cc5)c5cccc6c5oc5c(C(C)(C)C)cccc56)ccc5ccc2c3c54)c2cccc3c2oc2c(C(C)(C)C)cccc23)cc1. The first kappa shape index (κ1) is 46.7. The molecule has 0 saturated carbocycles. The average molecular weight is 997 g/mol. The highest BCUT2D eigenvalue weighted by atomic mass is 16.3. The van der Waals surface area contributed by atoms with Crippen molar-refractivity contribution in [1.82, 2.24) is 0 Å². The molecule has 0 bridgehead atoms. The van der Waals surface area contributed by atoms with Crippen molar-refractivity contribution < 1.29 is 8.83 Å². The fraction of sp³-hybridized carbons (Fsp3) is 0.151. The molecule has 0 fully saturated rings. The van der Waals surface area contributed by atoms with Gasteiger partial charge in [-0.25, -0.2) is 0 Å². The molecule has 4 heteroatoms. The van der Waals surface area contributed by atoms with Crippen molar-refractivity contribution in [3.63, 3.8) is 0 Å². The maximum atomic E-state index is 7.18. The molecule has 1 aliphatic rings. The van der Waals surface area contributed by atoms with Crippen molar-refractivity contribution in [2.24, 2.45) is 5.92 Å². The lowest BCUT2D eigenvalue weighted by Crippen LogP contribution is -2.12. The second kappa shape index (κ2) is 17.6. The number of anilines is 6. The molecule has 0 N–H and O–H groups in total. The maximum Gasteiger partial charge on any atom is 0.159 e. The normalized spacial score (nSPS) is 15.1. The van der Waals surface area contributed by atoms with E-state index in [9.17, 15) is 0 Å². The Hall–Kier alpha value is -8.86. The van der Waals surface area contributed by atoms with Gasteiger partial charge in [0, 0.05) is 60.7 Å². The van der Waals surface area contributed by atoms with Gasteiger partial charge in [-0.3, -0.25) is 0 Å². The number of furan rings is 2. The highest BCUT2D eigenvalue weighted by Gasteiger charge is 2.29. The highest BCUT2D eigenvalue weighted by molar-refractivity contribution is 6.29. The number of fused-ring (bicyclic) bond motifs is 6. The Morgan fingerprint density at radius 2 is 0.779 bits per heavy atom. The molecule has 2 aromatic heterocycles. The quantitative estimate of drug-likeness (QED) is 0.142. The summed E-state index contributed by atoms with van der Waals surface area (Å²) in [5, 5.41) is 11.6. The fourth-order valence-electron chi connectivity index (χ4n) is 12.5. The van der Waals surface area contributed by atoms with Crippen LogP contribution in [-0.4, -0.2) is 0 Å². The molecule has 14 rings (SSSR count). The molecule has 0 radical (unpaired) electrons. The molecule has 1 aliphatic carbocycles. The van der Waals surface area contributed by atoms with Gasteiger partial charge in [-0.15, -0.1) is 0 Å². The van der Waals surface area contributed by atoms with Gasteiger partial charge in [0.15, 0.2) is 11.2 Å². The second-order valence-corrected chi connectivity index (χ2v) is 23.3. The van der Waals surface area contributed by atoms with Crippen LogP contribution in [0.4, 0.5) is 34.1 Å². The van der Waals surface area contributed by atoms with E-state index in [1.54, 1.807) is 0 Å². The third-order valence-corrected chi connectivity index (χ3v) is 16.4. The predicted octanol–water partition coefficient (Wildman–Crippen LogP) is 21.4. The summed E-state index contributed by atoms with van der Waals surface area (Å²) in [6, 6.07) is 73.8. The number of nitrogens with zero attached hydrogens (tertiary/aromatic N) is 2. The van der Waals surface area contributed by atoms with Crippen LogP contribution in [0.3, 0.4) is 0 Å². The van der Waals surface area contributed by atoms with Gasteiger partial charge in [0.2, 0.25) is 0 Å². The Balaban J connectivity index is 1.01. The number of para-hydroxylation sites is 4. The van der Waals surface area contributed by atoms with Crippen LogP contribution >= 0.6 is 0 Å². The number of benzene rings is 11. The van der Waals surface area contributed by atoms with Crippen molar-refractivity contribution >= 4 is 110 Å². The Labute approximate surface area is 450 Å². The first-order valence-electron chi connectivity index (χ1n) is 27.2. The summed E-state index contributed by atoms with van der Waals surface area (Å²) < 4.78 is 14.4. The fourth-order valence-corrected chi connectivity index (χ4v) is 12.5. The lowest BCUT2D eigenvalue weighted by molar-refractivity contribution is 0.572. The van der Waals surface area contributed by atoms with E-state index in [1.807, 2.05) is 0 Å². The van der Waals surface area contributed by atoms with Crippen molar-refractivity contribution in [3.8, 4) is 11.1 Å². The lowest BCUT2D eigenvalue weighted by Gasteiger charge is -2.30. The van der Waals surface area contributed by atoms with E-state index in [1.165, 1.54) is 49.4 Å². The van der Waals surface area contributed by atoms with Crippen molar-refractivity contribution in [3.05, 3.63) is 241 Å². The molecule has 0 saturated heterocycles. The minimum Gasteiger partial charge on any atom is -0.454 e. The van der Waals surface area contributed by atoms with Crippen LogP contribution in [0.25, 0.3) is 87.3 Å². The van der Waals surface area contributed by atoms with E-state index in [2.05, 4.69) is 283 Å². The lowest BCUT2D eigenvalue weighted by atomic mass is 9.84. The Morgan fingerprint density at radius 1 is 0.351 bits per heavy atom. The molecular weight excluding hydrogens is 937 g/mol. The summed E-state index contributed by atoms with van der Waals surface area (Å²) >= 11 is 0. The van der Waals surface area contributed by atoms with Crippen molar-refractivity contribution in [1.29, 1.82) is 0 Å². The molecule has 11 aromatic carbocycles. The molecule has 2 heterocycles. The number of allylic oxidation sites excluding steroid dienone is 4. The van der Waals surface area contributed by atoms with Crippen LogP contribution in [-0.2, 0) is 10.8 Å². The van der Waals surface area contributed by atoms with Gasteiger partial charge in [0.1, 0.15) is 11.2 Å². The van der Waals surface area contributed by atoms with E-state index in [0.29, 0.717) is 11.8 Å². The summed E-state index contributed by atoms with van der Waals surface area (Å²) in [6.45, 7) is 15.9. The zero-order chi connectivity index (χ0) is 52.3. The van der Waals surface area contributed by atoms with Crippen molar-refractivity contribution in [2.75, 3.05) is 9.80 Å². The largest absolute Gasteiger partial charge is 0.454 e. The van der Waals surface area contributed by atoms with Crippen LogP contribution in [0.5, 0.6) is 0 Å². The van der Waals surface area contributed by atoms with Gasteiger partial charge in [0.05, 0.1) is 22.7 Å². The van der Waals surface area contributed by atoms with Gasteiger partial charge in [0.25, 0.3) is 0 Å². The maximum absolute atomic E-state index is 7.18. The monoisotopic (exact) mass is 996 g/mol. The number of hydrogen-bond acceptors (Lipinski definition) is 4. The minimum absolute atomic E-state index is 0.108. The summed E-state index contributed by atoms with van der Waals surface area (Å²) in [7, 11) is 0. The first-order chi connectivity index (χ1) is 37.4. The molecule has 374 valence electrons. The standard InChI is InChI=1S/C73H60N2O2/c1-45-17-11-12-20-53(45)48-31-39-52(40-32-48)75(65-28-16-24-57-55-22-14-26-61(73(5,6)7)69(55)77-71(57)65)63-44-36-50-33-41-58-62(43-35-49-34-42-59(63)67(50)66(49)58)74(51-37-29-47(30-38-51)46-18-9-8-10-19-46)64-27-15-23-56-54-21-13-25-60(72(2,3)4)68(54)76-70(56)64/h8-45,53H,1-7H3. The Bertz CT molecular complexity index is 4480. The average Bonchev–Trinajstić information content (AvgIpc) is 4.22. The van der Waals surface area contributed by atoms with Crippen LogP contribution < -0.4 is 9.80 Å². The van der Waals surface area contributed by atoms with Crippen LogP contribution in [0.1, 0.15) is 71.1 Å². The summed E-state index contributed by atoms with van der Waals surface area (Å²) in [6.07, 6.45) is 8.97. The van der Waals surface area contributed by atoms with Gasteiger partial charge in [-0.2, -0.15) is 0 Å². The molecule has 77 heavy (non-hydrogen) atoms. The van der Waals surface area contributed by atoms with Crippen LogP contribution in [0.2, 0.25) is 0 Å². The highest BCUT2D eigenvalue weighted by Crippen LogP contribution is 2.51. The topological polar surface area (TPSA) is 32.8 Å². The molecule has 4 nitrogen and oxygen atoms in total. The molecule has 0 amide bonds. The third kappa shape index (κ3) is 7.56. The number of rotatable bonds is 8. The van der Waals surface area contributed by atoms with Crippen LogP contribution in [0.15, 0.2) is 233 Å². The molecule has 13 aromatic rings. The van der Waals surface area contributed by atoms with Gasteiger partial charge < -0.3 is 18.6 Å². The zero-order valence-electron chi connectivity index (χ0n) is 44.7. The van der Waals surface area contributed by atoms with Gasteiger partial charge in [-0.1, -0.05) is 224 Å². The molecule has 2 atom stereocenters. The van der Waals surface area contributed by atoms with E-state index in [4.69, 9.17) is 8.83 Å². The van der Waals surface area contributed by atoms with E-state index < -0.39 is 0 Å². The summed E-state index contributed by atoms with van der Waals surface area (Å²) in [4.78, 5) is 4.86. The third-order valence-electron chi connectivity index (χ3n) is 16.4. The van der Waals surface area contributed by atoms with Gasteiger partial charge >= 0.3 is 0 Å². The van der Waals surface area contributed by atoms with Crippen molar-refractivity contribution in [2.45, 2.75) is 65.2 Å². The summed E-state index contributed by atoms with van der Waals surface area (Å²) in [5.74, 6) is 0.713. The Kier molecular flexibility index (Phi) is 10.7. The second-order valence-electron chi connectivity index (χ2n) is 23.3. The molecular formula is C73H60N2O2.